The van der Waals surface area contributed by atoms with Crippen LogP contribution in [0.15, 0.2) is 47.3 Å². The van der Waals surface area contributed by atoms with Crippen LogP contribution in [0.1, 0.15) is 77.3 Å². The van der Waals surface area contributed by atoms with Gasteiger partial charge in [0.1, 0.15) is 6.61 Å². The molecule has 0 bridgehead atoms. The van der Waals surface area contributed by atoms with Crippen LogP contribution in [-0.2, 0) is 16.0 Å². The van der Waals surface area contributed by atoms with E-state index in [1.54, 1.807) is 13.2 Å². The van der Waals surface area contributed by atoms with Crippen LogP contribution in [0.3, 0.4) is 0 Å². The number of allylic oxidation sites excluding steroid dienone is 5. The van der Waals surface area contributed by atoms with Gasteiger partial charge < -0.3 is 14.4 Å². The van der Waals surface area contributed by atoms with Crippen LogP contribution in [0.2, 0.25) is 0 Å². The van der Waals surface area contributed by atoms with E-state index >= 15 is 0 Å². The standard InChI is InChI=1S/C32H39NO4/c1-9-12-20-14-21(15-26(36-8)30(20)37-13-10-2)27-28-22(16-31(4,5)18-24(28)34)33(11-3)23-17-32(6,7)19-25(35)29(23)27/h2,9,14-15,27H,1,11-13,16-19H2,3-8H3. The SMILES string of the molecule is C#CCOc1c(CC=C)cc(C2C3=C(CC(C)(C)CC3=O)N(CC)C3=C2C(=O)CC(C)(C)C3)cc1OC. The largest absolute Gasteiger partial charge is 0.493 e. The molecule has 37 heavy (non-hydrogen) atoms. The number of hydrogen-bond donors (Lipinski definition) is 0. The number of carbonyl (C=O) groups is 2. The predicted molar refractivity (Wildman–Crippen MR) is 146 cm³/mol. The summed E-state index contributed by atoms with van der Waals surface area (Å²) < 4.78 is 11.6. The fourth-order valence-corrected chi connectivity index (χ4v) is 6.35. The first-order chi connectivity index (χ1) is 17.5. The van der Waals surface area contributed by atoms with Gasteiger partial charge in [-0.05, 0) is 48.6 Å². The predicted octanol–water partition coefficient (Wildman–Crippen LogP) is 6.14. The van der Waals surface area contributed by atoms with Crippen molar-refractivity contribution in [1.82, 2.24) is 4.90 Å². The number of ether oxygens (including phenoxy) is 2. The Labute approximate surface area is 221 Å². The monoisotopic (exact) mass is 501 g/mol. The molecule has 4 rings (SSSR count). The first kappa shape index (κ1) is 26.8. The van der Waals surface area contributed by atoms with Crippen molar-refractivity contribution in [2.75, 3.05) is 20.3 Å². The van der Waals surface area contributed by atoms with Crippen molar-refractivity contribution in [3.8, 4) is 23.8 Å². The molecule has 1 heterocycles. The Morgan fingerprint density at radius 3 is 2.08 bits per heavy atom. The summed E-state index contributed by atoms with van der Waals surface area (Å²) in [5.41, 5.74) is 5.11. The summed E-state index contributed by atoms with van der Waals surface area (Å²) in [5, 5.41) is 0. The molecule has 196 valence electrons. The second kappa shape index (κ2) is 9.89. The fourth-order valence-electron chi connectivity index (χ4n) is 6.35. The van der Waals surface area contributed by atoms with E-state index in [0.717, 1.165) is 53.1 Å². The van der Waals surface area contributed by atoms with Crippen LogP contribution >= 0.6 is 0 Å². The second-order valence-electron chi connectivity index (χ2n) is 12.0. The zero-order valence-corrected chi connectivity index (χ0v) is 23.1. The van der Waals surface area contributed by atoms with Crippen LogP contribution in [0.25, 0.3) is 0 Å². The molecule has 0 atom stereocenters. The zero-order valence-electron chi connectivity index (χ0n) is 23.1. The van der Waals surface area contributed by atoms with E-state index in [1.807, 2.05) is 12.1 Å². The average molecular weight is 502 g/mol. The van der Waals surface area contributed by atoms with Gasteiger partial charge in [0, 0.05) is 53.4 Å². The average Bonchev–Trinajstić information content (AvgIpc) is 2.80. The Balaban J connectivity index is 2.02. The summed E-state index contributed by atoms with van der Waals surface area (Å²) in [5.74, 6) is 3.44. The number of hydrogen-bond acceptors (Lipinski definition) is 5. The lowest BCUT2D eigenvalue weighted by molar-refractivity contribution is -0.119. The van der Waals surface area contributed by atoms with E-state index in [1.165, 1.54) is 0 Å². The summed E-state index contributed by atoms with van der Waals surface area (Å²) in [7, 11) is 1.59. The molecule has 0 fully saturated rings. The summed E-state index contributed by atoms with van der Waals surface area (Å²) in [4.78, 5) is 30.0. The Morgan fingerprint density at radius 2 is 1.62 bits per heavy atom. The molecule has 0 unspecified atom stereocenters. The van der Waals surface area contributed by atoms with Gasteiger partial charge in [0.25, 0.3) is 0 Å². The van der Waals surface area contributed by atoms with E-state index in [4.69, 9.17) is 15.9 Å². The number of benzene rings is 1. The van der Waals surface area contributed by atoms with Crippen LogP contribution < -0.4 is 9.47 Å². The third kappa shape index (κ3) is 4.87. The Bertz CT molecular complexity index is 1200. The minimum atomic E-state index is -0.431. The molecule has 0 saturated carbocycles. The lowest BCUT2D eigenvalue weighted by Crippen LogP contribution is -2.44. The molecule has 5 heteroatoms. The van der Waals surface area contributed by atoms with E-state index in [0.29, 0.717) is 30.8 Å². The number of terminal acetylenes is 1. The van der Waals surface area contributed by atoms with Crippen molar-refractivity contribution >= 4 is 11.6 Å². The van der Waals surface area contributed by atoms with Crippen molar-refractivity contribution in [3.63, 3.8) is 0 Å². The highest BCUT2D eigenvalue weighted by atomic mass is 16.5. The van der Waals surface area contributed by atoms with Crippen molar-refractivity contribution in [3.05, 3.63) is 58.5 Å². The fraction of sp³-hybridized carbons (Fsp3) is 0.500. The van der Waals surface area contributed by atoms with Gasteiger partial charge in [0.15, 0.2) is 23.1 Å². The lowest BCUT2D eigenvalue weighted by atomic mass is 9.63. The maximum atomic E-state index is 13.9. The highest BCUT2D eigenvalue weighted by Gasteiger charge is 2.48. The van der Waals surface area contributed by atoms with Gasteiger partial charge in [-0.2, -0.15) is 0 Å². The molecule has 0 N–H and O–H groups in total. The van der Waals surface area contributed by atoms with Gasteiger partial charge in [-0.15, -0.1) is 13.0 Å². The van der Waals surface area contributed by atoms with E-state index in [2.05, 4.69) is 52.0 Å². The lowest BCUT2D eigenvalue weighted by Gasteiger charge is -2.49. The zero-order chi connectivity index (χ0) is 27.1. The van der Waals surface area contributed by atoms with Crippen LogP contribution in [0.5, 0.6) is 11.5 Å². The van der Waals surface area contributed by atoms with Gasteiger partial charge in [-0.1, -0.05) is 45.8 Å². The van der Waals surface area contributed by atoms with Gasteiger partial charge in [0.05, 0.1) is 7.11 Å². The molecule has 1 aliphatic heterocycles. The number of ketones is 2. The number of carbonyl (C=O) groups excluding carboxylic acids is 2. The molecule has 1 aromatic rings. The van der Waals surface area contributed by atoms with Crippen LogP contribution in [-0.4, -0.2) is 36.7 Å². The van der Waals surface area contributed by atoms with Gasteiger partial charge >= 0.3 is 0 Å². The molecule has 5 nitrogen and oxygen atoms in total. The van der Waals surface area contributed by atoms with Crippen molar-refractivity contribution < 1.29 is 19.1 Å². The van der Waals surface area contributed by atoms with E-state index in [-0.39, 0.29) is 29.0 Å². The molecule has 0 aromatic heterocycles. The normalized spacial score (nSPS) is 20.8. The van der Waals surface area contributed by atoms with Gasteiger partial charge in [0.2, 0.25) is 0 Å². The first-order valence-corrected chi connectivity index (χ1v) is 13.1. The molecule has 0 amide bonds. The summed E-state index contributed by atoms with van der Waals surface area (Å²) in [6, 6.07) is 3.96. The minimum Gasteiger partial charge on any atom is -0.493 e. The maximum Gasteiger partial charge on any atom is 0.166 e. The number of methoxy groups -OCH3 is 1. The Morgan fingerprint density at radius 1 is 1.05 bits per heavy atom. The van der Waals surface area contributed by atoms with E-state index in [9.17, 15) is 9.59 Å². The van der Waals surface area contributed by atoms with Crippen molar-refractivity contribution in [2.24, 2.45) is 10.8 Å². The van der Waals surface area contributed by atoms with Crippen molar-refractivity contribution in [2.45, 2.75) is 72.6 Å². The number of nitrogens with zero attached hydrogens (tertiary/aromatic N) is 1. The number of Topliss-reactive ketones (excluding diaryl/α,β-unsaturated/α-hetero) is 2. The quantitative estimate of drug-likeness (QED) is 0.332. The smallest absolute Gasteiger partial charge is 0.166 e. The molecule has 0 saturated heterocycles. The molecule has 2 aliphatic carbocycles. The van der Waals surface area contributed by atoms with E-state index < -0.39 is 5.92 Å². The number of rotatable bonds is 7. The molecule has 3 aliphatic rings. The highest BCUT2D eigenvalue weighted by Crippen LogP contribution is 2.55. The molecule has 0 radical (unpaired) electrons. The summed E-state index contributed by atoms with van der Waals surface area (Å²) >= 11 is 0. The Kier molecular flexibility index (Phi) is 7.16. The third-order valence-electron chi connectivity index (χ3n) is 7.71. The van der Waals surface area contributed by atoms with Gasteiger partial charge in [-0.3, -0.25) is 9.59 Å². The molecule has 1 aromatic carbocycles. The minimum absolute atomic E-state index is 0.112. The second-order valence-corrected chi connectivity index (χ2v) is 12.0. The Hall–Kier alpha value is -3.26. The maximum absolute atomic E-state index is 13.9. The summed E-state index contributed by atoms with van der Waals surface area (Å²) in [6.45, 7) is 15.5. The molecular formula is C32H39NO4. The topological polar surface area (TPSA) is 55.8 Å². The molecule has 0 spiro atoms. The highest BCUT2D eigenvalue weighted by molar-refractivity contribution is 6.06. The van der Waals surface area contributed by atoms with Crippen LogP contribution in [0, 0.1) is 23.2 Å². The van der Waals surface area contributed by atoms with Gasteiger partial charge in [-0.25, -0.2) is 0 Å². The first-order valence-electron chi connectivity index (χ1n) is 13.1. The molecular weight excluding hydrogens is 462 g/mol. The summed E-state index contributed by atoms with van der Waals surface area (Å²) in [6.07, 6.45) is 10.3. The van der Waals surface area contributed by atoms with Crippen molar-refractivity contribution in [1.29, 1.82) is 0 Å². The third-order valence-corrected chi connectivity index (χ3v) is 7.71. The van der Waals surface area contributed by atoms with Crippen LogP contribution in [0.4, 0.5) is 0 Å².